The number of aromatic nitrogens is 3. The van der Waals surface area contributed by atoms with E-state index in [1.54, 1.807) is 23.9 Å². The number of hydrogen-bond acceptors (Lipinski definition) is 5. The van der Waals surface area contributed by atoms with Gasteiger partial charge < -0.3 is 9.88 Å². The van der Waals surface area contributed by atoms with E-state index in [4.69, 9.17) is 0 Å². The second-order valence-electron chi connectivity index (χ2n) is 6.30. The van der Waals surface area contributed by atoms with Crippen molar-refractivity contribution in [3.05, 3.63) is 35.9 Å². The Morgan fingerprint density at radius 2 is 2.00 bits per heavy atom. The van der Waals surface area contributed by atoms with Gasteiger partial charge in [0.1, 0.15) is 11.6 Å². The SMILES string of the molecule is CSc1nnc(CCCNC(=O)CSc2ccc(F)cc2)n1CC(C)C. The lowest BCUT2D eigenvalue weighted by Gasteiger charge is -2.11. The minimum atomic E-state index is -0.270. The maximum absolute atomic E-state index is 12.9. The van der Waals surface area contributed by atoms with Crippen molar-refractivity contribution in [3.8, 4) is 0 Å². The number of thioether (sulfide) groups is 2. The van der Waals surface area contributed by atoms with Crippen LogP contribution in [0.15, 0.2) is 34.3 Å². The maximum atomic E-state index is 12.9. The van der Waals surface area contributed by atoms with Crippen molar-refractivity contribution in [2.24, 2.45) is 5.92 Å². The molecule has 0 saturated heterocycles. The van der Waals surface area contributed by atoms with Crippen molar-refractivity contribution in [2.75, 3.05) is 18.6 Å². The van der Waals surface area contributed by atoms with Crippen molar-refractivity contribution in [1.29, 1.82) is 0 Å². The summed E-state index contributed by atoms with van der Waals surface area (Å²) < 4.78 is 15.0. The highest BCUT2D eigenvalue weighted by molar-refractivity contribution is 8.00. The Labute approximate surface area is 162 Å². The minimum Gasteiger partial charge on any atom is -0.355 e. The zero-order valence-corrected chi connectivity index (χ0v) is 17.0. The molecule has 142 valence electrons. The molecule has 26 heavy (non-hydrogen) atoms. The molecule has 2 aromatic rings. The van der Waals surface area contributed by atoms with Gasteiger partial charge in [0.2, 0.25) is 5.91 Å². The van der Waals surface area contributed by atoms with E-state index in [-0.39, 0.29) is 11.7 Å². The smallest absolute Gasteiger partial charge is 0.230 e. The molecule has 0 atom stereocenters. The molecule has 1 aromatic heterocycles. The molecule has 0 spiro atoms. The Balaban J connectivity index is 1.72. The van der Waals surface area contributed by atoms with Crippen LogP contribution in [0, 0.1) is 11.7 Å². The average molecular weight is 397 g/mol. The number of rotatable bonds is 10. The second-order valence-corrected chi connectivity index (χ2v) is 8.13. The third-order valence-corrected chi connectivity index (χ3v) is 5.29. The molecule has 1 N–H and O–H groups in total. The lowest BCUT2D eigenvalue weighted by atomic mass is 10.2. The molecule has 2 rings (SSSR count). The molecule has 1 heterocycles. The van der Waals surface area contributed by atoms with E-state index in [1.165, 1.54) is 23.9 Å². The fourth-order valence-corrected chi connectivity index (χ4v) is 3.66. The molecule has 0 aliphatic carbocycles. The van der Waals surface area contributed by atoms with E-state index < -0.39 is 0 Å². The summed E-state index contributed by atoms with van der Waals surface area (Å²) in [6, 6.07) is 6.16. The Bertz CT molecular complexity index is 704. The summed E-state index contributed by atoms with van der Waals surface area (Å²) >= 11 is 3.00. The van der Waals surface area contributed by atoms with Crippen LogP contribution in [0.4, 0.5) is 4.39 Å². The lowest BCUT2D eigenvalue weighted by molar-refractivity contribution is -0.118. The van der Waals surface area contributed by atoms with Gasteiger partial charge in [0, 0.05) is 24.4 Å². The van der Waals surface area contributed by atoms with Crippen LogP contribution in [0.5, 0.6) is 0 Å². The molecule has 5 nitrogen and oxygen atoms in total. The normalized spacial score (nSPS) is 11.1. The highest BCUT2D eigenvalue weighted by Gasteiger charge is 2.12. The number of nitrogens with zero attached hydrogens (tertiary/aromatic N) is 3. The second kappa shape index (κ2) is 10.6. The van der Waals surface area contributed by atoms with Crippen LogP contribution in [-0.4, -0.2) is 39.2 Å². The quantitative estimate of drug-likeness (QED) is 0.491. The summed E-state index contributed by atoms with van der Waals surface area (Å²) in [4.78, 5) is 12.8. The minimum absolute atomic E-state index is 0.0206. The van der Waals surface area contributed by atoms with Gasteiger partial charge in [0.15, 0.2) is 5.16 Å². The molecule has 1 amide bonds. The third-order valence-electron chi connectivity index (χ3n) is 3.61. The number of amides is 1. The molecule has 0 saturated carbocycles. The topological polar surface area (TPSA) is 59.8 Å². The summed E-state index contributed by atoms with van der Waals surface area (Å²) in [5.41, 5.74) is 0. The average Bonchev–Trinajstić information content (AvgIpc) is 2.99. The first-order valence-corrected chi connectivity index (χ1v) is 10.8. The summed E-state index contributed by atoms with van der Waals surface area (Å²) in [5.74, 6) is 1.53. The van der Waals surface area contributed by atoms with Crippen LogP contribution in [0.25, 0.3) is 0 Å². The fourth-order valence-electron chi connectivity index (χ4n) is 2.41. The molecule has 0 fully saturated rings. The van der Waals surface area contributed by atoms with E-state index >= 15 is 0 Å². The number of hydrogen-bond donors (Lipinski definition) is 1. The van der Waals surface area contributed by atoms with Crippen molar-refractivity contribution in [3.63, 3.8) is 0 Å². The molecule has 0 aliphatic rings. The predicted molar refractivity (Wildman–Crippen MR) is 105 cm³/mol. The molecule has 8 heteroatoms. The van der Waals surface area contributed by atoms with E-state index in [9.17, 15) is 9.18 Å². The highest BCUT2D eigenvalue weighted by Crippen LogP contribution is 2.18. The lowest BCUT2D eigenvalue weighted by Crippen LogP contribution is -2.26. The predicted octanol–water partition coefficient (Wildman–Crippen LogP) is 3.64. The van der Waals surface area contributed by atoms with Crippen molar-refractivity contribution >= 4 is 29.4 Å². The summed E-state index contributed by atoms with van der Waals surface area (Å²) in [5, 5.41) is 12.4. The monoisotopic (exact) mass is 396 g/mol. The van der Waals surface area contributed by atoms with Gasteiger partial charge in [-0.1, -0.05) is 25.6 Å². The number of aryl methyl sites for hydroxylation is 1. The number of carbonyl (C=O) groups excluding carboxylic acids is 1. The first kappa shape index (κ1) is 20.8. The largest absolute Gasteiger partial charge is 0.355 e. The molecule has 0 bridgehead atoms. The van der Waals surface area contributed by atoms with E-state index in [0.717, 1.165) is 35.3 Å². The zero-order valence-electron chi connectivity index (χ0n) is 15.4. The van der Waals surface area contributed by atoms with E-state index in [0.29, 0.717) is 18.2 Å². The molecule has 0 unspecified atom stereocenters. The van der Waals surface area contributed by atoms with Crippen LogP contribution in [-0.2, 0) is 17.8 Å². The molecular formula is C18H25FN4OS2. The first-order chi connectivity index (χ1) is 12.5. The first-order valence-electron chi connectivity index (χ1n) is 8.60. The van der Waals surface area contributed by atoms with Crippen LogP contribution in [0.2, 0.25) is 0 Å². The Hall–Kier alpha value is -1.54. The summed E-state index contributed by atoms with van der Waals surface area (Å²) in [7, 11) is 0. The van der Waals surface area contributed by atoms with Crippen LogP contribution >= 0.6 is 23.5 Å². The van der Waals surface area contributed by atoms with Crippen molar-refractivity contribution in [2.45, 2.75) is 43.3 Å². The van der Waals surface area contributed by atoms with Crippen LogP contribution < -0.4 is 5.32 Å². The van der Waals surface area contributed by atoms with Gasteiger partial charge in [0.05, 0.1) is 5.75 Å². The van der Waals surface area contributed by atoms with Crippen molar-refractivity contribution < 1.29 is 9.18 Å². The maximum Gasteiger partial charge on any atom is 0.230 e. The fraction of sp³-hybridized carbons (Fsp3) is 0.500. The molecule has 1 aromatic carbocycles. The van der Waals surface area contributed by atoms with Crippen molar-refractivity contribution in [1.82, 2.24) is 20.1 Å². The Kier molecular flexibility index (Phi) is 8.44. The number of nitrogens with one attached hydrogen (secondary N) is 1. The van der Waals surface area contributed by atoms with Gasteiger partial charge in [0.25, 0.3) is 0 Å². The van der Waals surface area contributed by atoms with Gasteiger partial charge >= 0.3 is 0 Å². The van der Waals surface area contributed by atoms with Gasteiger partial charge in [-0.2, -0.15) is 0 Å². The third kappa shape index (κ3) is 6.64. The van der Waals surface area contributed by atoms with Crippen LogP contribution in [0.3, 0.4) is 0 Å². The number of halogens is 1. The van der Waals surface area contributed by atoms with Gasteiger partial charge in [-0.15, -0.1) is 22.0 Å². The van der Waals surface area contributed by atoms with Crippen LogP contribution in [0.1, 0.15) is 26.1 Å². The van der Waals surface area contributed by atoms with E-state index in [2.05, 4.69) is 33.9 Å². The molecular weight excluding hydrogens is 371 g/mol. The van der Waals surface area contributed by atoms with Gasteiger partial charge in [-0.25, -0.2) is 4.39 Å². The van der Waals surface area contributed by atoms with E-state index in [1.807, 2.05) is 6.26 Å². The summed E-state index contributed by atoms with van der Waals surface area (Å²) in [6.07, 6.45) is 3.60. The van der Waals surface area contributed by atoms with Gasteiger partial charge in [-0.3, -0.25) is 4.79 Å². The molecule has 0 radical (unpaired) electrons. The highest BCUT2D eigenvalue weighted by atomic mass is 32.2. The number of carbonyl (C=O) groups is 1. The standard InChI is InChI=1S/C18H25FN4OS2/c1-13(2)11-23-16(21-22-18(23)25-3)5-4-10-20-17(24)12-26-15-8-6-14(19)7-9-15/h6-9,13H,4-5,10-12H2,1-3H3,(H,20,24). The van der Waals surface area contributed by atoms with Gasteiger partial charge in [-0.05, 0) is 42.9 Å². The zero-order chi connectivity index (χ0) is 18.9. The Morgan fingerprint density at radius 1 is 1.27 bits per heavy atom. The molecule has 0 aliphatic heterocycles. The Morgan fingerprint density at radius 3 is 2.65 bits per heavy atom. The number of benzene rings is 1. The summed E-state index contributed by atoms with van der Waals surface area (Å²) in [6.45, 7) is 5.85.